The third kappa shape index (κ3) is 3.06. The van der Waals surface area contributed by atoms with Crippen LogP contribution in [0.3, 0.4) is 0 Å². The van der Waals surface area contributed by atoms with Crippen LogP contribution in [0.4, 0.5) is 4.39 Å². The molecule has 0 spiro atoms. The molecule has 0 heterocycles. The van der Waals surface area contributed by atoms with Crippen LogP contribution in [0.2, 0.25) is 0 Å². The van der Waals surface area contributed by atoms with Crippen LogP contribution >= 0.6 is 15.9 Å². The maximum Gasteiger partial charge on any atom is 0.309 e. The van der Waals surface area contributed by atoms with Gasteiger partial charge in [-0.25, -0.2) is 4.39 Å². The largest absolute Gasteiger partial charge is 0.481 e. The predicted octanol–water partition coefficient (Wildman–Crippen LogP) is 4.02. The fraction of sp³-hybridized carbons (Fsp3) is 0.462. The highest BCUT2D eigenvalue weighted by Crippen LogP contribution is 2.33. The zero-order chi connectivity index (χ0) is 13.1. The van der Waals surface area contributed by atoms with Crippen LogP contribution in [-0.2, 0) is 11.2 Å². The molecule has 0 radical (unpaired) electrons. The first kappa shape index (κ1) is 14.2. The van der Waals surface area contributed by atoms with E-state index in [1.54, 1.807) is 12.1 Å². The standard InChI is InChI=1S/C13H16BrFO2/c1-3-13(4-2,12(16)17)8-9-7-10(14)5-6-11(9)15/h5-7H,3-4,8H2,1-2H3,(H,16,17). The van der Waals surface area contributed by atoms with Gasteiger partial charge in [-0.3, -0.25) is 4.79 Å². The molecule has 0 unspecified atom stereocenters. The van der Waals surface area contributed by atoms with Gasteiger partial charge >= 0.3 is 5.97 Å². The predicted molar refractivity (Wildman–Crippen MR) is 68.5 cm³/mol. The van der Waals surface area contributed by atoms with Gasteiger partial charge in [-0.2, -0.15) is 0 Å². The van der Waals surface area contributed by atoms with Gasteiger partial charge in [0.25, 0.3) is 0 Å². The number of aliphatic carboxylic acids is 1. The number of benzene rings is 1. The molecule has 0 aromatic heterocycles. The Bertz CT molecular complexity index is 414. The first-order valence-electron chi connectivity index (χ1n) is 5.62. The van der Waals surface area contributed by atoms with E-state index >= 15 is 0 Å². The zero-order valence-electron chi connectivity index (χ0n) is 9.96. The molecule has 0 aliphatic rings. The molecular formula is C13H16BrFO2. The molecule has 1 aromatic rings. The Balaban J connectivity index is 3.09. The van der Waals surface area contributed by atoms with Crippen LogP contribution in [-0.4, -0.2) is 11.1 Å². The van der Waals surface area contributed by atoms with Crippen molar-refractivity contribution in [2.75, 3.05) is 0 Å². The van der Waals surface area contributed by atoms with Gasteiger partial charge in [-0.1, -0.05) is 29.8 Å². The van der Waals surface area contributed by atoms with Gasteiger partial charge in [0, 0.05) is 4.47 Å². The van der Waals surface area contributed by atoms with Crippen molar-refractivity contribution in [2.45, 2.75) is 33.1 Å². The molecule has 0 saturated heterocycles. The second kappa shape index (κ2) is 5.63. The molecule has 1 N–H and O–H groups in total. The molecule has 1 aromatic carbocycles. The molecular weight excluding hydrogens is 287 g/mol. The molecule has 0 amide bonds. The number of hydrogen-bond donors (Lipinski definition) is 1. The molecule has 1 rings (SSSR count). The second-order valence-corrected chi connectivity index (χ2v) is 5.12. The minimum Gasteiger partial charge on any atom is -0.481 e. The van der Waals surface area contributed by atoms with Crippen molar-refractivity contribution in [3.63, 3.8) is 0 Å². The first-order valence-corrected chi connectivity index (χ1v) is 6.42. The van der Waals surface area contributed by atoms with Crippen LogP contribution in [0.1, 0.15) is 32.3 Å². The highest BCUT2D eigenvalue weighted by molar-refractivity contribution is 9.10. The normalized spacial score (nSPS) is 11.5. The maximum atomic E-state index is 13.6. The summed E-state index contributed by atoms with van der Waals surface area (Å²) in [5.41, 5.74) is -0.424. The smallest absolute Gasteiger partial charge is 0.309 e. The van der Waals surface area contributed by atoms with Crippen LogP contribution in [0.15, 0.2) is 22.7 Å². The topological polar surface area (TPSA) is 37.3 Å². The molecule has 4 heteroatoms. The van der Waals surface area contributed by atoms with E-state index in [4.69, 9.17) is 0 Å². The van der Waals surface area contributed by atoms with Crippen molar-refractivity contribution in [3.8, 4) is 0 Å². The zero-order valence-corrected chi connectivity index (χ0v) is 11.6. The number of halogens is 2. The van der Waals surface area contributed by atoms with E-state index in [0.29, 0.717) is 18.4 Å². The Hall–Kier alpha value is -0.900. The lowest BCUT2D eigenvalue weighted by atomic mass is 9.77. The summed E-state index contributed by atoms with van der Waals surface area (Å²) in [5, 5.41) is 9.31. The lowest BCUT2D eigenvalue weighted by Gasteiger charge is -2.27. The van der Waals surface area contributed by atoms with E-state index in [0.717, 1.165) is 4.47 Å². The Morgan fingerprint density at radius 2 is 2.00 bits per heavy atom. The summed E-state index contributed by atoms with van der Waals surface area (Å²) in [6.07, 6.45) is 1.20. The van der Waals surface area contributed by atoms with Crippen molar-refractivity contribution in [2.24, 2.45) is 5.41 Å². The van der Waals surface area contributed by atoms with Crippen LogP contribution < -0.4 is 0 Å². The van der Waals surface area contributed by atoms with Crippen molar-refractivity contribution in [1.82, 2.24) is 0 Å². The van der Waals surface area contributed by atoms with E-state index in [1.165, 1.54) is 6.07 Å². The average molecular weight is 303 g/mol. The van der Waals surface area contributed by atoms with E-state index in [1.807, 2.05) is 13.8 Å². The molecule has 2 nitrogen and oxygen atoms in total. The Morgan fingerprint density at radius 1 is 1.41 bits per heavy atom. The number of carboxylic acid groups (broad SMARTS) is 1. The molecule has 0 atom stereocenters. The first-order chi connectivity index (χ1) is 7.95. The van der Waals surface area contributed by atoms with E-state index in [9.17, 15) is 14.3 Å². The Labute approximate surface area is 109 Å². The van der Waals surface area contributed by atoms with E-state index in [2.05, 4.69) is 15.9 Å². The van der Waals surface area contributed by atoms with Crippen LogP contribution in [0, 0.1) is 11.2 Å². The van der Waals surface area contributed by atoms with Crippen molar-refractivity contribution in [1.29, 1.82) is 0 Å². The monoisotopic (exact) mass is 302 g/mol. The second-order valence-electron chi connectivity index (χ2n) is 4.21. The number of carboxylic acids is 1. The fourth-order valence-electron chi connectivity index (χ4n) is 1.92. The van der Waals surface area contributed by atoms with Gasteiger partial charge in [0.2, 0.25) is 0 Å². The van der Waals surface area contributed by atoms with Crippen LogP contribution in [0.5, 0.6) is 0 Å². The maximum absolute atomic E-state index is 13.6. The van der Waals surface area contributed by atoms with Gasteiger partial charge in [0.15, 0.2) is 0 Å². The molecule has 0 saturated carbocycles. The summed E-state index contributed by atoms with van der Waals surface area (Å²) < 4.78 is 14.4. The van der Waals surface area contributed by atoms with Crippen LogP contribution in [0.25, 0.3) is 0 Å². The summed E-state index contributed by atoms with van der Waals surface area (Å²) in [6, 6.07) is 4.62. The summed E-state index contributed by atoms with van der Waals surface area (Å²) >= 11 is 3.27. The van der Waals surface area contributed by atoms with E-state index < -0.39 is 11.4 Å². The van der Waals surface area contributed by atoms with Gasteiger partial charge < -0.3 is 5.11 Å². The average Bonchev–Trinajstić information content (AvgIpc) is 2.30. The van der Waals surface area contributed by atoms with Gasteiger partial charge in [-0.05, 0) is 43.0 Å². The van der Waals surface area contributed by atoms with Gasteiger partial charge in [0.05, 0.1) is 5.41 Å². The highest BCUT2D eigenvalue weighted by Gasteiger charge is 2.35. The molecule has 0 aliphatic carbocycles. The minimum absolute atomic E-state index is 0.223. The number of hydrogen-bond acceptors (Lipinski definition) is 1. The third-order valence-corrected chi connectivity index (χ3v) is 3.84. The quantitative estimate of drug-likeness (QED) is 0.892. The van der Waals surface area contributed by atoms with Crippen molar-refractivity contribution in [3.05, 3.63) is 34.1 Å². The molecule has 94 valence electrons. The third-order valence-electron chi connectivity index (χ3n) is 3.34. The highest BCUT2D eigenvalue weighted by atomic mass is 79.9. The molecule has 0 bridgehead atoms. The Kier molecular flexibility index (Phi) is 4.69. The van der Waals surface area contributed by atoms with E-state index in [-0.39, 0.29) is 12.2 Å². The summed E-state index contributed by atoms with van der Waals surface area (Å²) in [5.74, 6) is -1.21. The number of carbonyl (C=O) groups is 1. The van der Waals surface area contributed by atoms with Gasteiger partial charge in [-0.15, -0.1) is 0 Å². The lowest BCUT2D eigenvalue weighted by Crippen LogP contribution is -2.32. The lowest BCUT2D eigenvalue weighted by molar-refractivity contribution is -0.149. The van der Waals surface area contributed by atoms with Crippen molar-refractivity contribution < 1.29 is 14.3 Å². The summed E-state index contributed by atoms with van der Waals surface area (Å²) in [6.45, 7) is 3.65. The molecule has 0 fully saturated rings. The SMILES string of the molecule is CCC(CC)(Cc1cc(Br)ccc1F)C(=O)O. The molecule has 17 heavy (non-hydrogen) atoms. The fourth-order valence-corrected chi connectivity index (χ4v) is 2.33. The number of rotatable bonds is 5. The Morgan fingerprint density at radius 3 is 2.47 bits per heavy atom. The van der Waals surface area contributed by atoms with Gasteiger partial charge in [0.1, 0.15) is 5.82 Å². The summed E-state index contributed by atoms with van der Waals surface area (Å²) in [4.78, 5) is 11.3. The van der Waals surface area contributed by atoms with Crippen molar-refractivity contribution >= 4 is 21.9 Å². The summed E-state index contributed by atoms with van der Waals surface area (Å²) in [7, 11) is 0. The minimum atomic E-state index is -0.873. The molecule has 0 aliphatic heterocycles.